The first-order valence-corrected chi connectivity index (χ1v) is 6.78. The van der Waals surface area contributed by atoms with Crippen LogP contribution in [0.5, 0.6) is 5.75 Å². The van der Waals surface area contributed by atoms with Gasteiger partial charge < -0.3 is 5.11 Å². The fourth-order valence-corrected chi connectivity index (χ4v) is 2.78. The van der Waals surface area contributed by atoms with Crippen LogP contribution in [0.4, 0.5) is 0 Å². The molecule has 3 rings (SSSR count). The summed E-state index contributed by atoms with van der Waals surface area (Å²) in [5.41, 5.74) is 3.77. The second kappa shape index (κ2) is 4.75. The SMILES string of the molecule is Oc1cc(Br)ccc1CN1Cc2ccccc2C1. The van der Waals surface area contributed by atoms with Gasteiger partial charge >= 0.3 is 0 Å². The second-order valence-corrected chi connectivity index (χ2v) is 5.60. The second-order valence-electron chi connectivity index (χ2n) is 4.69. The summed E-state index contributed by atoms with van der Waals surface area (Å²) in [6.07, 6.45) is 0. The molecule has 1 aliphatic heterocycles. The van der Waals surface area contributed by atoms with Gasteiger partial charge in [-0.25, -0.2) is 0 Å². The van der Waals surface area contributed by atoms with Gasteiger partial charge in [-0.05, 0) is 23.3 Å². The predicted octanol–water partition coefficient (Wildman–Crippen LogP) is 3.67. The van der Waals surface area contributed by atoms with E-state index in [0.29, 0.717) is 5.75 Å². The molecule has 3 heteroatoms. The maximum atomic E-state index is 9.91. The van der Waals surface area contributed by atoms with Gasteiger partial charge in [0.25, 0.3) is 0 Å². The van der Waals surface area contributed by atoms with Crippen LogP contribution in [0.3, 0.4) is 0 Å². The molecule has 0 bridgehead atoms. The molecule has 1 heterocycles. The van der Waals surface area contributed by atoms with Gasteiger partial charge in [-0.15, -0.1) is 0 Å². The lowest BCUT2D eigenvalue weighted by atomic mass is 10.1. The molecule has 0 amide bonds. The van der Waals surface area contributed by atoms with Crippen LogP contribution in [0.2, 0.25) is 0 Å². The van der Waals surface area contributed by atoms with Crippen molar-refractivity contribution in [1.82, 2.24) is 4.90 Å². The van der Waals surface area contributed by atoms with E-state index in [1.165, 1.54) is 11.1 Å². The highest BCUT2D eigenvalue weighted by molar-refractivity contribution is 9.10. The summed E-state index contributed by atoms with van der Waals surface area (Å²) in [5.74, 6) is 0.361. The summed E-state index contributed by atoms with van der Waals surface area (Å²) in [7, 11) is 0. The van der Waals surface area contributed by atoms with E-state index in [2.05, 4.69) is 45.1 Å². The molecule has 0 atom stereocenters. The van der Waals surface area contributed by atoms with Crippen molar-refractivity contribution in [2.45, 2.75) is 19.6 Å². The van der Waals surface area contributed by atoms with E-state index in [-0.39, 0.29) is 0 Å². The van der Waals surface area contributed by atoms with E-state index in [9.17, 15) is 5.11 Å². The van der Waals surface area contributed by atoms with Crippen molar-refractivity contribution in [2.75, 3.05) is 0 Å². The summed E-state index contributed by atoms with van der Waals surface area (Å²) < 4.78 is 0.911. The van der Waals surface area contributed by atoms with Gasteiger partial charge in [-0.3, -0.25) is 4.90 Å². The third-order valence-electron chi connectivity index (χ3n) is 3.35. The summed E-state index contributed by atoms with van der Waals surface area (Å²) in [6, 6.07) is 14.2. The lowest BCUT2D eigenvalue weighted by Gasteiger charge is -2.15. The number of hydrogen-bond acceptors (Lipinski definition) is 2. The average molecular weight is 304 g/mol. The van der Waals surface area contributed by atoms with E-state index >= 15 is 0 Å². The molecule has 0 unspecified atom stereocenters. The van der Waals surface area contributed by atoms with Gasteiger partial charge in [0, 0.05) is 29.7 Å². The van der Waals surface area contributed by atoms with E-state index in [0.717, 1.165) is 29.7 Å². The van der Waals surface area contributed by atoms with Crippen molar-refractivity contribution in [1.29, 1.82) is 0 Å². The minimum Gasteiger partial charge on any atom is -0.508 e. The molecule has 18 heavy (non-hydrogen) atoms. The zero-order chi connectivity index (χ0) is 12.5. The Labute approximate surface area is 115 Å². The number of phenols is 1. The minimum absolute atomic E-state index is 0.361. The molecule has 2 nitrogen and oxygen atoms in total. The summed E-state index contributed by atoms with van der Waals surface area (Å²) in [5, 5.41) is 9.91. The van der Waals surface area contributed by atoms with Crippen LogP contribution in [0.25, 0.3) is 0 Å². The highest BCUT2D eigenvalue weighted by Crippen LogP contribution is 2.28. The number of aromatic hydroxyl groups is 1. The summed E-state index contributed by atoms with van der Waals surface area (Å²) in [6.45, 7) is 2.71. The highest BCUT2D eigenvalue weighted by atomic mass is 79.9. The lowest BCUT2D eigenvalue weighted by molar-refractivity contribution is 0.271. The van der Waals surface area contributed by atoms with Crippen LogP contribution in [0.1, 0.15) is 16.7 Å². The Morgan fingerprint density at radius 2 is 1.72 bits per heavy atom. The Bertz CT molecular complexity index is 557. The molecule has 0 fully saturated rings. The summed E-state index contributed by atoms with van der Waals surface area (Å²) >= 11 is 3.36. The van der Waals surface area contributed by atoms with Crippen molar-refractivity contribution in [3.05, 3.63) is 63.6 Å². The maximum Gasteiger partial charge on any atom is 0.121 e. The first kappa shape index (κ1) is 11.8. The van der Waals surface area contributed by atoms with E-state index in [4.69, 9.17) is 0 Å². The third kappa shape index (κ3) is 2.28. The van der Waals surface area contributed by atoms with Crippen LogP contribution in [0.15, 0.2) is 46.9 Å². The molecule has 0 spiro atoms. The zero-order valence-electron chi connectivity index (χ0n) is 9.94. The maximum absolute atomic E-state index is 9.91. The predicted molar refractivity (Wildman–Crippen MR) is 75.2 cm³/mol. The Hall–Kier alpha value is -1.32. The topological polar surface area (TPSA) is 23.5 Å². The molecule has 0 aliphatic carbocycles. The van der Waals surface area contributed by atoms with Crippen LogP contribution >= 0.6 is 15.9 Å². The van der Waals surface area contributed by atoms with Crippen molar-refractivity contribution < 1.29 is 5.11 Å². The highest BCUT2D eigenvalue weighted by Gasteiger charge is 2.19. The number of nitrogens with zero attached hydrogens (tertiary/aromatic N) is 1. The fourth-order valence-electron chi connectivity index (χ4n) is 2.43. The standard InChI is InChI=1S/C15H14BrNO/c16-14-6-5-13(15(18)7-14)10-17-8-11-3-1-2-4-12(11)9-17/h1-7,18H,8-10H2. The molecule has 2 aromatic carbocycles. The smallest absolute Gasteiger partial charge is 0.121 e. The Balaban J connectivity index is 1.76. The van der Waals surface area contributed by atoms with Crippen LogP contribution < -0.4 is 0 Å². The molecule has 0 saturated heterocycles. The van der Waals surface area contributed by atoms with Crippen molar-refractivity contribution in [3.8, 4) is 5.75 Å². The number of phenolic OH excluding ortho intramolecular Hbond substituents is 1. The van der Waals surface area contributed by atoms with Gasteiger partial charge in [0.2, 0.25) is 0 Å². The molecule has 92 valence electrons. The van der Waals surface area contributed by atoms with Crippen LogP contribution in [-0.2, 0) is 19.6 Å². The fraction of sp³-hybridized carbons (Fsp3) is 0.200. The normalized spacial score (nSPS) is 14.7. The Morgan fingerprint density at radius 1 is 1.06 bits per heavy atom. The molecule has 0 aromatic heterocycles. The molecule has 1 aliphatic rings. The number of rotatable bonds is 2. The summed E-state index contributed by atoms with van der Waals surface area (Å²) in [4.78, 5) is 2.34. The van der Waals surface area contributed by atoms with Crippen molar-refractivity contribution in [2.24, 2.45) is 0 Å². The van der Waals surface area contributed by atoms with Gasteiger partial charge in [-0.1, -0.05) is 46.3 Å². The molecular formula is C15H14BrNO. The van der Waals surface area contributed by atoms with E-state index < -0.39 is 0 Å². The van der Waals surface area contributed by atoms with Crippen molar-refractivity contribution >= 4 is 15.9 Å². The largest absolute Gasteiger partial charge is 0.508 e. The number of fused-ring (bicyclic) bond motifs is 1. The van der Waals surface area contributed by atoms with Crippen molar-refractivity contribution in [3.63, 3.8) is 0 Å². The van der Waals surface area contributed by atoms with Crippen LogP contribution in [0, 0.1) is 0 Å². The monoisotopic (exact) mass is 303 g/mol. The van der Waals surface area contributed by atoms with E-state index in [1.807, 2.05) is 12.1 Å². The van der Waals surface area contributed by atoms with Gasteiger partial charge in [0.05, 0.1) is 0 Å². The number of hydrogen-bond donors (Lipinski definition) is 1. The van der Waals surface area contributed by atoms with E-state index in [1.54, 1.807) is 6.07 Å². The van der Waals surface area contributed by atoms with Gasteiger partial charge in [0.15, 0.2) is 0 Å². The zero-order valence-corrected chi connectivity index (χ0v) is 11.5. The van der Waals surface area contributed by atoms with Crippen LogP contribution in [-0.4, -0.2) is 10.0 Å². The Kier molecular flexibility index (Phi) is 3.10. The molecule has 0 radical (unpaired) electrons. The first-order valence-electron chi connectivity index (χ1n) is 5.99. The third-order valence-corrected chi connectivity index (χ3v) is 3.84. The van der Waals surface area contributed by atoms with Gasteiger partial charge in [0.1, 0.15) is 5.75 Å². The first-order chi connectivity index (χ1) is 8.72. The quantitative estimate of drug-likeness (QED) is 0.915. The number of benzene rings is 2. The molecular weight excluding hydrogens is 290 g/mol. The minimum atomic E-state index is 0.361. The van der Waals surface area contributed by atoms with Gasteiger partial charge in [-0.2, -0.15) is 0 Å². The Morgan fingerprint density at radius 3 is 2.33 bits per heavy atom. The molecule has 0 saturated carbocycles. The average Bonchev–Trinajstić information content (AvgIpc) is 2.75. The number of halogens is 1. The molecule has 1 N–H and O–H groups in total. The lowest BCUT2D eigenvalue weighted by Crippen LogP contribution is -2.15. The molecule has 2 aromatic rings.